The Morgan fingerprint density at radius 3 is 2.25 bits per heavy atom. The second-order valence-electron chi connectivity index (χ2n) is 15.5. The molecule has 0 atom stereocenters. The molecule has 0 saturated heterocycles. The molecule has 7 heteroatoms. The van der Waals surface area contributed by atoms with Crippen LogP contribution in [0.3, 0.4) is 0 Å². The Balaban J connectivity index is 0.000000197. The van der Waals surface area contributed by atoms with Crippen molar-refractivity contribution in [2.75, 3.05) is 0 Å². The molecular weight excluding hydrogens is 881 g/mol. The van der Waals surface area contributed by atoms with Gasteiger partial charge < -0.3 is 14.0 Å². The number of rotatable bonds is 7. The second-order valence-corrected chi connectivity index (χ2v) is 20.6. The SMILES string of the molecule is CC(C)Cc1cc(-c2[c-]cccc2)ncc1[Si](C)(C)C.Cc1c[c-]c(-c2nc3ccccc3n2-c2ccc(-c3ccccc3)cc2)c2oc3ncccc3c12.[Ir]. The van der Waals surface area contributed by atoms with Gasteiger partial charge in [-0.3, -0.25) is 4.98 Å². The number of para-hydroxylation sites is 2. The molecule has 5 nitrogen and oxygen atoms in total. The molecule has 0 saturated carbocycles. The molecule has 0 aliphatic rings. The minimum atomic E-state index is -1.34. The normalized spacial score (nSPS) is 11.5. The van der Waals surface area contributed by atoms with E-state index < -0.39 is 8.07 Å². The Hall–Kier alpha value is -5.46. The standard InChI is InChI=1S/C31H20N3O.C18H24NSi.Ir/c1-20-13-18-25(29-28(20)24-10-7-19-32-31(24)35-29)30-33-26-11-5-6-12-27(26)34(30)23-16-14-22(15-17-23)21-8-3-2-4-9-21;1-14(2)11-16-12-17(15-9-7-6-8-10-15)19-13-18(16)20(3,4)5;/h2-17,19H,1H3;6-9,12-14H,11H2,1-5H3;/q2*-1;. The number of pyridine rings is 2. The molecule has 4 heterocycles. The van der Waals surface area contributed by atoms with Crippen molar-refractivity contribution in [2.45, 2.75) is 46.8 Å². The second kappa shape index (κ2) is 16.3. The molecule has 0 bridgehead atoms. The monoisotopic (exact) mass is 925 g/mol. The number of furan rings is 1. The molecular formula is C49H44IrN4OSi-2. The van der Waals surface area contributed by atoms with Crippen molar-refractivity contribution in [3.63, 3.8) is 0 Å². The van der Waals surface area contributed by atoms with Crippen molar-refractivity contribution in [2.24, 2.45) is 5.92 Å². The number of aromatic nitrogens is 4. The Morgan fingerprint density at radius 1 is 0.786 bits per heavy atom. The van der Waals surface area contributed by atoms with Crippen LogP contribution < -0.4 is 5.19 Å². The third-order valence-electron chi connectivity index (χ3n) is 9.95. The summed E-state index contributed by atoms with van der Waals surface area (Å²) >= 11 is 0. The number of aryl methyl sites for hydroxylation is 1. The maximum absolute atomic E-state index is 6.29. The van der Waals surface area contributed by atoms with E-state index in [1.54, 1.807) is 6.20 Å². The third-order valence-corrected chi connectivity index (χ3v) is 12.0. The fraction of sp³-hybridized carbons (Fsp3) is 0.163. The fourth-order valence-corrected chi connectivity index (χ4v) is 8.94. The van der Waals surface area contributed by atoms with Gasteiger partial charge in [-0.05, 0) is 70.7 Å². The van der Waals surface area contributed by atoms with Gasteiger partial charge >= 0.3 is 0 Å². The predicted molar refractivity (Wildman–Crippen MR) is 231 cm³/mol. The Morgan fingerprint density at radius 2 is 1.52 bits per heavy atom. The molecule has 0 N–H and O–H groups in total. The van der Waals surface area contributed by atoms with E-state index in [2.05, 4.69) is 146 Å². The number of hydrogen-bond donors (Lipinski definition) is 0. The van der Waals surface area contributed by atoms with Crippen molar-refractivity contribution in [3.8, 4) is 39.5 Å². The van der Waals surface area contributed by atoms with E-state index in [9.17, 15) is 0 Å². The summed E-state index contributed by atoms with van der Waals surface area (Å²) in [5.41, 5.74) is 12.3. The first-order valence-electron chi connectivity index (χ1n) is 18.9. The van der Waals surface area contributed by atoms with E-state index >= 15 is 0 Å². The molecule has 5 aromatic carbocycles. The summed E-state index contributed by atoms with van der Waals surface area (Å²) in [6, 6.07) is 50.3. The molecule has 9 aromatic rings. The van der Waals surface area contributed by atoms with E-state index in [-0.39, 0.29) is 20.1 Å². The summed E-state index contributed by atoms with van der Waals surface area (Å²) in [5, 5.41) is 3.55. The van der Waals surface area contributed by atoms with E-state index in [4.69, 9.17) is 9.40 Å². The van der Waals surface area contributed by atoms with Crippen molar-refractivity contribution in [1.82, 2.24) is 19.5 Å². The first-order chi connectivity index (χ1) is 26.7. The van der Waals surface area contributed by atoms with Gasteiger partial charge in [-0.2, -0.15) is 0 Å². The van der Waals surface area contributed by atoms with Crippen molar-refractivity contribution < 1.29 is 24.5 Å². The van der Waals surface area contributed by atoms with Crippen LogP contribution in [-0.2, 0) is 26.5 Å². The van der Waals surface area contributed by atoms with Crippen LogP contribution in [0.4, 0.5) is 0 Å². The Labute approximate surface area is 343 Å². The number of benzene rings is 5. The molecule has 0 unspecified atom stereocenters. The van der Waals surface area contributed by atoms with Crippen LogP contribution in [0.1, 0.15) is 25.0 Å². The van der Waals surface area contributed by atoms with E-state index in [0.717, 1.165) is 67.7 Å². The van der Waals surface area contributed by atoms with Crippen molar-refractivity contribution in [3.05, 3.63) is 163 Å². The summed E-state index contributed by atoms with van der Waals surface area (Å²) in [4.78, 5) is 14.2. The summed E-state index contributed by atoms with van der Waals surface area (Å²) in [6.45, 7) is 13.8. The zero-order chi connectivity index (χ0) is 38.1. The van der Waals surface area contributed by atoms with Crippen LogP contribution in [-0.4, -0.2) is 27.6 Å². The van der Waals surface area contributed by atoms with E-state index in [0.29, 0.717) is 11.6 Å². The number of fused-ring (bicyclic) bond motifs is 4. The molecule has 4 aromatic heterocycles. The maximum Gasteiger partial charge on any atom is 0.216 e. The number of hydrogen-bond acceptors (Lipinski definition) is 4. The van der Waals surface area contributed by atoms with E-state index in [1.807, 2.05) is 54.6 Å². The van der Waals surface area contributed by atoms with Crippen molar-refractivity contribution in [1.29, 1.82) is 0 Å². The average Bonchev–Trinajstić information content (AvgIpc) is 3.78. The molecule has 9 rings (SSSR count). The van der Waals surface area contributed by atoms with Gasteiger partial charge in [0.05, 0.1) is 30.5 Å². The van der Waals surface area contributed by atoms with Crippen LogP contribution in [0.25, 0.3) is 72.6 Å². The molecule has 281 valence electrons. The number of nitrogens with zero attached hydrogens (tertiary/aromatic N) is 4. The molecule has 0 spiro atoms. The summed E-state index contributed by atoms with van der Waals surface area (Å²) in [5.74, 6) is 1.46. The topological polar surface area (TPSA) is 56.7 Å². The predicted octanol–water partition coefficient (Wildman–Crippen LogP) is 12.1. The number of imidazole rings is 1. The molecule has 1 radical (unpaired) electrons. The Kier molecular flexibility index (Phi) is 11.3. The zero-order valence-electron chi connectivity index (χ0n) is 32.6. The average molecular weight is 925 g/mol. The molecule has 0 amide bonds. The first-order valence-corrected chi connectivity index (χ1v) is 22.4. The first kappa shape index (κ1) is 38.8. The zero-order valence-corrected chi connectivity index (χ0v) is 36.0. The minimum absolute atomic E-state index is 0. The van der Waals surface area contributed by atoms with Gasteiger partial charge in [0.2, 0.25) is 5.71 Å². The van der Waals surface area contributed by atoms with Gasteiger partial charge in [0.1, 0.15) is 0 Å². The molecule has 0 fully saturated rings. The molecule has 0 aliphatic heterocycles. The fourth-order valence-electron chi connectivity index (χ4n) is 7.35. The van der Waals surface area contributed by atoms with Crippen LogP contribution in [0.2, 0.25) is 19.6 Å². The smallest absolute Gasteiger partial charge is 0.216 e. The molecule has 56 heavy (non-hydrogen) atoms. The van der Waals surface area contributed by atoms with Crippen LogP contribution in [0.15, 0.2) is 144 Å². The van der Waals surface area contributed by atoms with Crippen LogP contribution in [0.5, 0.6) is 0 Å². The van der Waals surface area contributed by atoms with Gasteiger partial charge in [0, 0.05) is 43.6 Å². The summed E-state index contributed by atoms with van der Waals surface area (Å²) < 4.78 is 8.47. The van der Waals surface area contributed by atoms with Gasteiger partial charge in [-0.1, -0.05) is 118 Å². The van der Waals surface area contributed by atoms with Gasteiger partial charge in [0.25, 0.3) is 0 Å². The van der Waals surface area contributed by atoms with E-state index in [1.165, 1.54) is 21.9 Å². The van der Waals surface area contributed by atoms with Crippen molar-refractivity contribution >= 4 is 46.4 Å². The maximum atomic E-state index is 6.29. The third kappa shape index (κ3) is 7.81. The van der Waals surface area contributed by atoms with Crippen LogP contribution >= 0.6 is 0 Å². The minimum Gasteiger partial charge on any atom is -0.486 e. The summed E-state index contributed by atoms with van der Waals surface area (Å²) in [7, 11) is -1.34. The van der Waals surface area contributed by atoms with Crippen LogP contribution in [0, 0.1) is 25.0 Å². The van der Waals surface area contributed by atoms with Gasteiger partial charge in [-0.25, -0.2) is 4.98 Å². The van der Waals surface area contributed by atoms with Gasteiger partial charge in [-0.15, -0.1) is 53.6 Å². The largest absolute Gasteiger partial charge is 0.486 e. The molecule has 0 aliphatic carbocycles. The van der Waals surface area contributed by atoms with Gasteiger partial charge in [0.15, 0.2) is 0 Å². The quantitative estimate of drug-likeness (QED) is 0.118. The Bertz CT molecular complexity index is 2750. The summed E-state index contributed by atoms with van der Waals surface area (Å²) in [6.07, 6.45) is 5.00.